The van der Waals surface area contributed by atoms with Gasteiger partial charge in [-0.1, -0.05) is 24.3 Å². The van der Waals surface area contributed by atoms with Crippen molar-refractivity contribution in [3.63, 3.8) is 0 Å². The molecule has 0 bridgehead atoms. The first-order valence-corrected chi connectivity index (χ1v) is 8.18. The smallest absolute Gasteiger partial charge is 0.273 e. The van der Waals surface area contributed by atoms with E-state index in [-0.39, 0.29) is 11.4 Å². The third-order valence-electron chi connectivity index (χ3n) is 4.11. The lowest BCUT2D eigenvalue weighted by molar-refractivity contribution is -0.384. The Hall–Kier alpha value is -3.13. The SMILES string of the molecule is NC(=O)C(Oc1cccc([N+](=O)[O-])c1)c1ccccc1N1CCOCC1. The number of ether oxygens (including phenoxy) is 2. The average molecular weight is 357 g/mol. The van der Waals surface area contributed by atoms with Crippen LogP contribution in [0.3, 0.4) is 0 Å². The molecule has 1 aliphatic heterocycles. The van der Waals surface area contributed by atoms with Crippen LogP contribution in [0.25, 0.3) is 0 Å². The molecule has 1 amide bonds. The predicted octanol–water partition coefficient (Wildman–Crippen LogP) is 2.04. The van der Waals surface area contributed by atoms with Gasteiger partial charge < -0.3 is 20.1 Å². The van der Waals surface area contributed by atoms with Crippen LogP contribution in [0.4, 0.5) is 11.4 Å². The van der Waals surface area contributed by atoms with E-state index in [1.54, 1.807) is 18.2 Å². The van der Waals surface area contributed by atoms with Crippen molar-refractivity contribution < 1.29 is 19.2 Å². The summed E-state index contributed by atoms with van der Waals surface area (Å²) in [5, 5.41) is 10.9. The van der Waals surface area contributed by atoms with Crippen LogP contribution in [0, 0.1) is 10.1 Å². The van der Waals surface area contributed by atoms with E-state index in [0.29, 0.717) is 31.9 Å². The summed E-state index contributed by atoms with van der Waals surface area (Å²) in [6.07, 6.45) is -1.06. The molecular weight excluding hydrogens is 338 g/mol. The molecule has 2 N–H and O–H groups in total. The second-order valence-electron chi connectivity index (χ2n) is 5.81. The number of morpholine rings is 1. The van der Waals surface area contributed by atoms with Crippen LogP contribution >= 0.6 is 0 Å². The lowest BCUT2D eigenvalue weighted by atomic mass is 10.0. The lowest BCUT2D eigenvalue weighted by Crippen LogP contribution is -2.38. The van der Waals surface area contributed by atoms with E-state index >= 15 is 0 Å². The number of nitro groups is 1. The van der Waals surface area contributed by atoms with Crippen LogP contribution in [-0.4, -0.2) is 37.1 Å². The molecule has 8 nitrogen and oxygen atoms in total. The largest absolute Gasteiger partial charge is 0.475 e. The first kappa shape index (κ1) is 17.7. The Kier molecular flexibility index (Phi) is 5.33. The van der Waals surface area contributed by atoms with Crippen LogP contribution in [0.15, 0.2) is 48.5 Å². The number of nitro benzene ring substituents is 1. The van der Waals surface area contributed by atoms with Gasteiger partial charge in [-0.15, -0.1) is 0 Å². The Balaban J connectivity index is 1.92. The maximum absolute atomic E-state index is 12.1. The van der Waals surface area contributed by atoms with Crippen molar-refractivity contribution in [1.29, 1.82) is 0 Å². The summed E-state index contributed by atoms with van der Waals surface area (Å²) >= 11 is 0. The molecule has 8 heteroatoms. The summed E-state index contributed by atoms with van der Waals surface area (Å²) in [7, 11) is 0. The van der Waals surface area contributed by atoms with Gasteiger partial charge in [-0.05, 0) is 12.1 Å². The third-order valence-corrected chi connectivity index (χ3v) is 4.11. The Labute approximate surface area is 150 Å². The molecule has 2 aromatic carbocycles. The minimum absolute atomic E-state index is 0.118. The fraction of sp³-hybridized carbons (Fsp3) is 0.278. The molecule has 3 rings (SSSR count). The number of nitrogens with zero attached hydrogens (tertiary/aromatic N) is 2. The lowest BCUT2D eigenvalue weighted by Gasteiger charge is -2.32. The molecule has 1 aliphatic rings. The topological polar surface area (TPSA) is 108 Å². The number of carbonyl (C=O) groups is 1. The number of anilines is 1. The van der Waals surface area contributed by atoms with Crippen LogP contribution in [0.1, 0.15) is 11.7 Å². The number of hydrogen-bond donors (Lipinski definition) is 1. The fourth-order valence-corrected chi connectivity index (χ4v) is 2.88. The summed E-state index contributed by atoms with van der Waals surface area (Å²) in [5.41, 5.74) is 6.91. The normalized spacial score (nSPS) is 15.3. The zero-order valence-electron chi connectivity index (χ0n) is 14.0. The molecule has 1 saturated heterocycles. The molecule has 0 saturated carbocycles. The van der Waals surface area contributed by atoms with E-state index in [2.05, 4.69) is 4.90 Å². The summed E-state index contributed by atoms with van der Waals surface area (Å²) < 4.78 is 11.1. The van der Waals surface area contributed by atoms with Crippen molar-refractivity contribution in [2.75, 3.05) is 31.2 Å². The minimum Gasteiger partial charge on any atom is -0.475 e. The molecule has 2 aromatic rings. The first-order valence-electron chi connectivity index (χ1n) is 8.18. The first-order chi connectivity index (χ1) is 12.6. The summed E-state index contributed by atoms with van der Waals surface area (Å²) in [4.78, 5) is 24.6. The Morgan fingerprint density at radius 1 is 1.19 bits per heavy atom. The van der Waals surface area contributed by atoms with Gasteiger partial charge in [-0.2, -0.15) is 0 Å². The fourth-order valence-electron chi connectivity index (χ4n) is 2.88. The van der Waals surface area contributed by atoms with Crippen LogP contribution in [-0.2, 0) is 9.53 Å². The Morgan fingerprint density at radius 2 is 1.92 bits per heavy atom. The van der Waals surface area contributed by atoms with E-state index in [0.717, 1.165) is 5.69 Å². The van der Waals surface area contributed by atoms with Crippen LogP contribution in [0.2, 0.25) is 0 Å². The van der Waals surface area contributed by atoms with E-state index in [4.69, 9.17) is 15.2 Å². The molecule has 0 spiro atoms. The van der Waals surface area contributed by atoms with Gasteiger partial charge in [0.25, 0.3) is 11.6 Å². The molecule has 1 unspecified atom stereocenters. The number of primary amides is 1. The van der Waals surface area contributed by atoms with Crippen LogP contribution in [0.5, 0.6) is 5.75 Å². The number of nitrogens with two attached hydrogens (primary N) is 1. The number of non-ortho nitro benzene ring substituents is 1. The van der Waals surface area contributed by atoms with Gasteiger partial charge in [0.2, 0.25) is 6.10 Å². The molecule has 0 radical (unpaired) electrons. The molecule has 0 aliphatic carbocycles. The van der Waals surface area contributed by atoms with Gasteiger partial charge in [-0.25, -0.2) is 0 Å². The second-order valence-corrected chi connectivity index (χ2v) is 5.81. The molecule has 26 heavy (non-hydrogen) atoms. The van der Waals surface area contributed by atoms with Crippen molar-refractivity contribution >= 4 is 17.3 Å². The van der Waals surface area contributed by atoms with E-state index in [1.165, 1.54) is 18.2 Å². The molecule has 1 atom stereocenters. The number of rotatable bonds is 6. The van der Waals surface area contributed by atoms with Gasteiger partial charge >= 0.3 is 0 Å². The summed E-state index contributed by atoms with van der Waals surface area (Å²) in [6.45, 7) is 2.58. The van der Waals surface area contributed by atoms with Crippen molar-refractivity contribution in [2.45, 2.75) is 6.10 Å². The molecule has 1 heterocycles. The molecular formula is C18H19N3O5. The maximum atomic E-state index is 12.1. The third kappa shape index (κ3) is 3.92. The number of carbonyl (C=O) groups excluding carboxylic acids is 1. The molecule has 0 aromatic heterocycles. The van der Waals surface area contributed by atoms with Crippen molar-refractivity contribution in [3.8, 4) is 5.75 Å². The van der Waals surface area contributed by atoms with E-state index in [9.17, 15) is 14.9 Å². The van der Waals surface area contributed by atoms with E-state index in [1.807, 2.05) is 12.1 Å². The van der Waals surface area contributed by atoms with Crippen molar-refractivity contribution in [1.82, 2.24) is 0 Å². The summed E-state index contributed by atoms with van der Waals surface area (Å²) in [6, 6.07) is 13.0. The highest BCUT2D eigenvalue weighted by Gasteiger charge is 2.26. The predicted molar refractivity (Wildman–Crippen MR) is 95.1 cm³/mol. The highest BCUT2D eigenvalue weighted by atomic mass is 16.6. The maximum Gasteiger partial charge on any atom is 0.273 e. The minimum atomic E-state index is -1.06. The van der Waals surface area contributed by atoms with Gasteiger partial charge in [0, 0.05) is 30.4 Å². The zero-order valence-corrected chi connectivity index (χ0v) is 14.0. The molecule has 136 valence electrons. The number of para-hydroxylation sites is 1. The highest BCUT2D eigenvalue weighted by molar-refractivity contribution is 5.83. The average Bonchev–Trinajstić information content (AvgIpc) is 2.67. The highest BCUT2D eigenvalue weighted by Crippen LogP contribution is 2.31. The quantitative estimate of drug-likeness (QED) is 0.626. The monoisotopic (exact) mass is 357 g/mol. The summed E-state index contributed by atoms with van der Waals surface area (Å²) in [5.74, 6) is -0.461. The Morgan fingerprint density at radius 3 is 2.62 bits per heavy atom. The van der Waals surface area contributed by atoms with Gasteiger partial charge in [0.1, 0.15) is 5.75 Å². The standard InChI is InChI=1S/C18H19N3O5/c19-18(22)17(26-14-5-3-4-13(12-14)21(23)24)15-6-1-2-7-16(15)20-8-10-25-11-9-20/h1-7,12,17H,8-11H2,(H2,19,22). The molecule has 1 fully saturated rings. The van der Waals surface area contributed by atoms with Crippen molar-refractivity contribution in [3.05, 3.63) is 64.2 Å². The number of benzene rings is 2. The van der Waals surface area contributed by atoms with E-state index < -0.39 is 16.9 Å². The van der Waals surface area contributed by atoms with Gasteiger partial charge in [0.05, 0.1) is 24.2 Å². The Bertz CT molecular complexity index is 805. The number of amides is 1. The van der Waals surface area contributed by atoms with Gasteiger partial charge in [-0.3, -0.25) is 14.9 Å². The van der Waals surface area contributed by atoms with Crippen LogP contribution < -0.4 is 15.4 Å². The van der Waals surface area contributed by atoms with Crippen molar-refractivity contribution in [2.24, 2.45) is 5.73 Å². The second kappa shape index (κ2) is 7.83. The number of hydrogen-bond acceptors (Lipinski definition) is 6. The van der Waals surface area contributed by atoms with Gasteiger partial charge in [0.15, 0.2) is 0 Å². The zero-order chi connectivity index (χ0) is 18.5.